The van der Waals surface area contributed by atoms with E-state index in [-0.39, 0.29) is 6.54 Å². The van der Waals surface area contributed by atoms with Crippen LogP contribution in [0.1, 0.15) is 5.56 Å². The lowest BCUT2D eigenvalue weighted by Gasteiger charge is -2.21. The number of hydrogen-bond acceptors (Lipinski definition) is 4. The molecule has 0 aliphatic heterocycles. The fourth-order valence-electron chi connectivity index (χ4n) is 1.61. The lowest BCUT2D eigenvalue weighted by atomic mass is 10.2. The summed E-state index contributed by atoms with van der Waals surface area (Å²) in [6.45, 7) is 3.10. The number of methoxy groups -OCH3 is 1. The topological polar surface area (TPSA) is 72.6 Å². The third kappa shape index (κ3) is 3.78. The minimum absolute atomic E-state index is 0.286. The monoisotopic (exact) mass is 272 g/mol. The van der Waals surface area contributed by atoms with E-state index in [4.69, 9.17) is 10.5 Å². The summed E-state index contributed by atoms with van der Waals surface area (Å²) >= 11 is 0. The summed E-state index contributed by atoms with van der Waals surface area (Å²) in [5.41, 5.74) is 6.37. The van der Waals surface area contributed by atoms with Gasteiger partial charge in [-0.15, -0.1) is 0 Å². The third-order valence-corrected chi connectivity index (χ3v) is 4.45. The highest BCUT2D eigenvalue weighted by molar-refractivity contribution is 7.89. The van der Waals surface area contributed by atoms with Crippen LogP contribution in [0, 0.1) is 6.92 Å². The summed E-state index contributed by atoms with van der Waals surface area (Å²) in [5.74, 6) is 0. The molecule has 0 amide bonds. The van der Waals surface area contributed by atoms with Crippen LogP contribution in [0.15, 0.2) is 29.2 Å². The minimum Gasteiger partial charge on any atom is -0.383 e. The van der Waals surface area contributed by atoms with Gasteiger partial charge in [0.2, 0.25) is 10.0 Å². The van der Waals surface area contributed by atoms with Gasteiger partial charge in [0.05, 0.1) is 11.5 Å². The molecule has 0 unspecified atom stereocenters. The minimum atomic E-state index is -3.48. The van der Waals surface area contributed by atoms with Crippen molar-refractivity contribution in [3.05, 3.63) is 29.8 Å². The number of nitrogens with two attached hydrogens (primary N) is 1. The van der Waals surface area contributed by atoms with Crippen molar-refractivity contribution in [1.29, 1.82) is 0 Å². The molecule has 0 spiro atoms. The van der Waals surface area contributed by atoms with Crippen molar-refractivity contribution in [1.82, 2.24) is 4.31 Å². The molecule has 1 aromatic rings. The molecule has 0 bridgehead atoms. The average molecular weight is 272 g/mol. The Balaban J connectivity index is 3.00. The van der Waals surface area contributed by atoms with Crippen molar-refractivity contribution < 1.29 is 13.2 Å². The second-order valence-corrected chi connectivity index (χ2v) is 5.94. The van der Waals surface area contributed by atoms with Gasteiger partial charge >= 0.3 is 0 Å². The van der Waals surface area contributed by atoms with Crippen molar-refractivity contribution >= 4 is 10.0 Å². The number of nitrogens with zero attached hydrogens (tertiary/aromatic N) is 1. The second-order valence-electron chi connectivity index (χ2n) is 4.00. The Labute approximate surface area is 109 Å². The number of hydrogen-bond donors (Lipinski definition) is 1. The number of sulfonamides is 1. The lowest BCUT2D eigenvalue weighted by molar-refractivity contribution is 0.179. The molecule has 1 rings (SSSR count). The largest absolute Gasteiger partial charge is 0.383 e. The van der Waals surface area contributed by atoms with Gasteiger partial charge in [0.1, 0.15) is 0 Å². The second kappa shape index (κ2) is 6.84. The molecule has 2 N–H and O–H groups in total. The molecule has 0 fully saturated rings. The molecule has 0 atom stereocenters. The van der Waals surface area contributed by atoms with Crippen molar-refractivity contribution in [2.45, 2.75) is 11.8 Å². The van der Waals surface area contributed by atoms with Gasteiger partial charge in [-0.05, 0) is 24.6 Å². The van der Waals surface area contributed by atoms with Crippen molar-refractivity contribution in [3.8, 4) is 0 Å². The van der Waals surface area contributed by atoms with Gasteiger partial charge in [-0.2, -0.15) is 4.31 Å². The summed E-state index contributed by atoms with van der Waals surface area (Å²) in [5, 5.41) is 0. The Morgan fingerprint density at radius 1 is 1.33 bits per heavy atom. The highest BCUT2D eigenvalue weighted by Gasteiger charge is 2.23. The summed E-state index contributed by atoms with van der Waals surface area (Å²) in [6, 6.07) is 6.85. The van der Waals surface area contributed by atoms with Crippen LogP contribution in [0.2, 0.25) is 0 Å². The van der Waals surface area contributed by atoms with Crippen LogP contribution in [0.5, 0.6) is 0 Å². The van der Waals surface area contributed by atoms with Gasteiger partial charge in [-0.1, -0.05) is 12.1 Å². The number of benzene rings is 1. The Morgan fingerprint density at radius 2 is 2.06 bits per heavy atom. The smallest absolute Gasteiger partial charge is 0.243 e. The quantitative estimate of drug-likeness (QED) is 0.788. The van der Waals surface area contributed by atoms with E-state index < -0.39 is 10.0 Å². The van der Waals surface area contributed by atoms with Crippen LogP contribution in [-0.4, -0.2) is 46.1 Å². The molecule has 1 aromatic carbocycles. The van der Waals surface area contributed by atoms with Crippen LogP contribution >= 0.6 is 0 Å². The van der Waals surface area contributed by atoms with E-state index in [1.807, 2.05) is 13.0 Å². The third-order valence-electron chi connectivity index (χ3n) is 2.55. The molecule has 0 saturated carbocycles. The number of aryl methyl sites for hydroxylation is 1. The summed E-state index contributed by atoms with van der Waals surface area (Å²) in [6.07, 6.45) is 0. The normalized spacial score (nSPS) is 12.0. The molecule has 18 heavy (non-hydrogen) atoms. The predicted octanol–water partition coefficient (Wildman–Crippen LogP) is 0.591. The van der Waals surface area contributed by atoms with E-state index in [0.29, 0.717) is 24.6 Å². The summed E-state index contributed by atoms with van der Waals surface area (Å²) in [4.78, 5) is 0.298. The number of ether oxygens (including phenoxy) is 1. The van der Waals surface area contributed by atoms with Gasteiger partial charge in [-0.25, -0.2) is 8.42 Å². The zero-order valence-electron chi connectivity index (χ0n) is 10.8. The first-order valence-corrected chi connectivity index (χ1v) is 7.22. The van der Waals surface area contributed by atoms with Crippen molar-refractivity contribution in [2.24, 2.45) is 5.73 Å². The molecule has 0 saturated heterocycles. The van der Waals surface area contributed by atoms with Crippen LogP contribution in [0.4, 0.5) is 0 Å². The fraction of sp³-hybridized carbons (Fsp3) is 0.500. The molecule has 0 aliphatic carbocycles. The Bertz CT molecular complexity index is 474. The van der Waals surface area contributed by atoms with E-state index in [1.165, 1.54) is 4.31 Å². The molecule has 5 nitrogen and oxygen atoms in total. The summed E-state index contributed by atoms with van der Waals surface area (Å²) in [7, 11) is -1.94. The van der Waals surface area contributed by atoms with Gasteiger partial charge in [-0.3, -0.25) is 0 Å². The Hall–Kier alpha value is -0.950. The Kier molecular flexibility index (Phi) is 5.74. The predicted molar refractivity (Wildman–Crippen MR) is 70.9 cm³/mol. The van der Waals surface area contributed by atoms with E-state index in [1.54, 1.807) is 25.3 Å². The fourth-order valence-corrected chi connectivity index (χ4v) is 3.16. The van der Waals surface area contributed by atoms with Gasteiger partial charge in [0, 0.05) is 26.7 Å². The zero-order valence-corrected chi connectivity index (χ0v) is 11.6. The first-order valence-electron chi connectivity index (χ1n) is 5.78. The van der Waals surface area contributed by atoms with E-state index >= 15 is 0 Å². The molecule has 0 aliphatic rings. The molecular weight excluding hydrogens is 252 g/mol. The SMILES string of the molecule is COCCN(CCN)S(=O)(=O)c1cccc(C)c1. The first kappa shape index (κ1) is 15.1. The van der Waals surface area contributed by atoms with Crippen molar-refractivity contribution in [3.63, 3.8) is 0 Å². The van der Waals surface area contributed by atoms with Gasteiger partial charge < -0.3 is 10.5 Å². The van der Waals surface area contributed by atoms with Crippen molar-refractivity contribution in [2.75, 3.05) is 33.4 Å². The number of rotatable bonds is 7. The van der Waals surface area contributed by atoms with Gasteiger partial charge in [0.15, 0.2) is 0 Å². The van der Waals surface area contributed by atoms with E-state index in [9.17, 15) is 8.42 Å². The van der Waals surface area contributed by atoms with Crippen LogP contribution < -0.4 is 5.73 Å². The van der Waals surface area contributed by atoms with E-state index in [2.05, 4.69) is 0 Å². The molecular formula is C12H20N2O3S. The standard InChI is InChI=1S/C12H20N2O3S/c1-11-4-3-5-12(10-11)18(15,16)14(7-6-13)8-9-17-2/h3-5,10H,6-9,13H2,1-2H3. The van der Waals surface area contributed by atoms with Crippen LogP contribution in [-0.2, 0) is 14.8 Å². The highest BCUT2D eigenvalue weighted by atomic mass is 32.2. The Morgan fingerprint density at radius 3 is 2.61 bits per heavy atom. The molecule has 102 valence electrons. The maximum absolute atomic E-state index is 12.4. The van der Waals surface area contributed by atoms with E-state index in [0.717, 1.165) is 5.56 Å². The maximum Gasteiger partial charge on any atom is 0.243 e. The van der Waals surface area contributed by atoms with Gasteiger partial charge in [0.25, 0.3) is 0 Å². The molecule has 0 radical (unpaired) electrons. The molecule has 0 heterocycles. The van der Waals surface area contributed by atoms with Crippen LogP contribution in [0.25, 0.3) is 0 Å². The molecule has 0 aromatic heterocycles. The lowest BCUT2D eigenvalue weighted by Crippen LogP contribution is -2.37. The average Bonchev–Trinajstić information content (AvgIpc) is 2.34. The summed E-state index contributed by atoms with van der Waals surface area (Å²) < 4.78 is 31.1. The zero-order chi connectivity index (χ0) is 13.6. The first-order chi connectivity index (χ1) is 8.52. The highest BCUT2D eigenvalue weighted by Crippen LogP contribution is 2.16. The molecule has 6 heteroatoms. The maximum atomic E-state index is 12.4. The van der Waals surface area contributed by atoms with Crippen LogP contribution in [0.3, 0.4) is 0 Å².